The minimum absolute atomic E-state index is 0.144. The SMILES string of the molecule is N#Cc1cc(CCl)ccc1Oc1ccc(F)cc1Cl. The molecule has 0 aliphatic carbocycles. The van der Waals surface area contributed by atoms with Crippen LogP contribution >= 0.6 is 23.2 Å². The summed E-state index contributed by atoms with van der Waals surface area (Å²) in [7, 11) is 0. The van der Waals surface area contributed by atoms with E-state index in [1.807, 2.05) is 6.07 Å². The topological polar surface area (TPSA) is 33.0 Å². The van der Waals surface area contributed by atoms with Gasteiger partial charge in [-0.1, -0.05) is 17.7 Å². The van der Waals surface area contributed by atoms with E-state index in [-0.39, 0.29) is 10.8 Å². The van der Waals surface area contributed by atoms with Crippen molar-refractivity contribution in [2.75, 3.05) is 0 Å². The van der Waals surface area contributed by atoms with Crippen LogP contribution in [0.3, 0.4) is 0 Å². The van der Waals surface area contributed by atoms with Crippen LogP contribution in [0.4, 0.5) is 4.39 Å². The van der Waals surface area contributed by atoms with Crippen molar-refractivity contribution in [3.05, 3.63) is 58.4 Å². The fraction of sp³-hybridized carbons (Fsp3) is 0.0714. The number of halogens is 3. The second-order valence-electron chi connectivity index (χ2n) is 3.75. The number of nitriles is 1. The highest BCUT2D eigenvalue weighted by Crippen LogP contribution is 2.32. The number of alkyl halides is 1. The first-order valence-corrected chi connectivity index (χ1v) is 6.27. The molecule has 0 heterocycles. The molecule has 0 atom stereocenters. The second kappa shape index (κ2) is 5.92. The van der Waals surface area contributed by atoms with E-state index in [9.17, 15) is 4.39 Å². The maximum absolute atomic E-state index is 12.9. The van der Waals surface area contributed by atoms with Crippen molar-refractivity contribution >= 4 is 23.2 Å². The molecule has 0 aromatic heterocycles. The van der Waals surface area contributed by atoms with E-state index < -0.39 is 5.82 Å². The monoisotopic (exact) mass is 295 g/mol. The summed E-state index contributed by atoms with van der Waals surface area (Å²) in [6, 6.07) is 10.8. The van der Waals surface area contributed by atoms with E-state index in [0.717, 1.165) is 11.6 Å². The van der Waals surface area contributed by atoms with Crippen LogP contribution < -0.4 is 4.74 Å². The molecule has 19 heavy (non-hydrogen) atoms. The maximum atomic E-state index is 12.9. The molecule has 0 fully saturated rings. The zero-order valence-electron chi connectivity index (χ0n) is 9.66. The Hall–Kier alpha value is -1.76. The van der Waals surface area contributed by atoms with Crippen LogP contribution in [0.15, 0.2) is 36.4 Å². The molecule has 96 valence electrons. The van der Waals surface area contributed by atoms with E-state index in [2.05, 4.69) is 0 Å². The van der Waals surface area contributed by atoms with Crippen LogP contribution in [0.2, 0.25) is 5.02 Å². The van der Waals surface area contributed by atoms with E-state index in [4.69, 9.17) is 33.2 Å². The molecule has 2 aromatic rings. The van der Waals surface area contributed by atoms with Crippen LogP contribution in [0, 0.1) is 17.1 Å². The van der Waals surface area contributed by atoms with Gasteiger partial charge in [0.05, 0.1) is 10.6 Å². The molecule has 0 saturated carbocycles. The van der Waals surface area contributed by atoms with Gasteiger partial charge in [0.1, 0.15) is 23.4 Å². The largest absolute Gasteiger partial charge is 0.454 e. The summed E-state index contributed by atoms with van der Waals surface area (Å²) in [5.74, 6) is 0.505. The quantitative estimate of drug-likeness (QED) is 0.756. The molecule has 2 nitrogen and oxygen atoms in total. The van der Waals surface area contributed by atoms with E-state index >= 15 is 0 Å². The van der Waals surface area contributed by atoms with Crippen molar-refractivity contribution in [3.8, 4) is 17.6 Å². The molecule has 2 rings (SSSR count). The zero-order chi connectivity index (χ0) is 13.8. The molecule has 0 amide bonds. The predicted octanol–water partition coefficient (Wildman–Crippen LogP) is 4.88. The Labute approximate surface area is 119 Å². The smallest absolute Gasteiger partial charge is 0.146 e. The third kappa shape index (κ3) is 3.17. The molecule has 0 aliphatic heterocycles. The van der Waals surface area contributed by atoms with E-state index in [1.165, 1.54) is 12.1 Å². The van der Waals surface area contributed by atoms with Gasteiger partial charge in [0.2, 0.25) is 0 Å². The Balaban J connectivity index is 2.35. The first-order chi connectivity index (χ1) is 9.13. The predicted molar refractivity (Wildman–Crippen MR) is 72.2 cm³/mol. The van der Waals surface area contributed by atoms with Crippen molar-refractivity contribution in [2.45, 2.75) is 5.88 Å². The Bertz CT molecular complexity index is 652. The van der Waals surface area contributed by atoms with Crippen LogP contribution in [-0.2, 0) is 5.88 Å². The van der Waals surface area contributed by atoms with Gasteiger partial charge in [0, 0.05) is 5.88 Å². The number of hydrogen-bond donors (Lipinski definition) is 0. The molecule has 5 heteroatoms. The molecular weight excluding hydrogens is 288 g/mol. The molecule has 0 radical (unpaired) electrons. The van der Waals surface area contributed by atoms with Gasteiger partial charge in [0.15, 0.2) is 0 Å². The lowest BCUT2D eigenvalue weighted by atomic mass is 10.1. The number of ether oxygens (including phenoxy) is 1. The number of hydrogen-bond acceptors (Lipinski definition) is 2. The Morgan fingerprint density at radius 1 is 1.16 bits per heavy atom. The van der Waals surface area contributed by atoms with Gasteiger partial charge in [-0.25, -0.2) is 4.39 Å². The van der Waals surface area contributed by atoms with E-state index in [1.54, 1.807) is 18.2 Å². The fourth-order valence-electron chi connectivity index (χ4n) is 1.51. The lowest BCUT2D eigenvalue weighted by molar-refractivity contribution is 0.479. The Kier molecular flexibility index (Phi) is 4.26. The van der Waals surface area contributed by atoms with Gasteiger partial charge in [0.25, 0.3) is 0 Å². The number of rotatable bonds is 3. The van der Waals surface area contributed by atoms with Crippen molar-refractivity contribution < 1.29 is 9.13 Å². The van der Waals surface area contributed by atoms with Crippen LogP contribution in [0.25, 0.3) is 0 Å². The highest BCUT2D eigenvalue weighted by Gasteiger charge is 2.09. The highest BCUT2D eigenvalue weighted by atomic mass is 35.5. The van der Waals surface area contributed by atoms with Gasteiger partial charge in [-0.2, -0.15) is 5.26 Å². The Morgan fingerprint density at radius 3 is 2.53 bits per heavy atom. The van der Waals surface area contributed by atoms with Gasteiger partial charge >= 0.3 is 0 Å². The first-order valence-electron chi connectivity index (χ1n) is 5.36. The normalized spacial score (nSPS) is 10.0. The standard InChI is InChI=1S/C14H8Cl2FNO/c15-7-9-1-3-13(10(5-9)8-18)19-14-4-2-11(17)6-12(14)16/h1-6H,7H2. The molecule has 0 aliphatic rings. The molecule has 0 N–H and O–H groups in total. The molecule has 0 saturated heterocycles. The van der Waals surface area contributed by atoms with Crippen LogP contribution in [-0.4, -0.2) is 0 Å². The number of benzene rings is 2. The van der Waals surface area contributed by atoms with Gasteiger partial charge in [-0.3, -0.25) is 0 Å². The van der Waals surface area contributed by atoms with E-state index in [0.29, 0.717) is 17.2 Å². The average molecular weight is 296 g/mol. The summed E-state index contributed by atoms with van der Waals surface area (Å²) in [5.41, 5.74) is 1.16. The number of nitrogens with zero attached hydrogens (tertiary/aromatic N) is 1. The second-order valence-corrected chi connectivity index (χ2v) is 4.43. The first kappa shape index (κ1) is 13.7. The third-order valence-electron chi connectivity index (χ3n) is 2.43. The van der Waals surface area contributed by atoms with Gasteiger partial charge in [-0.05, 0) is 35.9 Å². The Morgan fingerprint density at radius 2 is 1.89 bits per heavy atom. The third-order valence-corrected chi connectivity index (χ3v) is 3.04. The van der Waals surface area contributed by atoms with Gasteiger partial charge in [-0.15, -0.1) is 11.6 Å². The zero-order valence-corrected chi connectivity index (χ0v) is 11.2. The van der Waals surface area contributed by atoms with Crippen molar-refractivity contribution in [1.29, 1.82) is 5.26 Å². The van der Waals surface area contributed by atoms with Crippen molar-refractivity contribution in [3.63, 3.8) is 0 Å². The van der Waals surface area contributed by atoms with Gasteiger partial charge < -0.3 is 4.74 Å². The molecular formula is C14H8Cl2FNO. The summed E-state index contributed by atoms with van der Waals surface area (Å²) in [6.45, 7) is 0. The summed E-state index contributed by atoms with van der Waals surface area (Å²) < 4.78 is 18.4. The minimum Gasteiger partial charge on any atom is -0.454 e. The van der Waals surface area contributed by atoms with Crippen LogP contribution in [0.1, 0.15) is 11.1 Å². The van der Waals surface area contributed by atoms with Crippen molar-refractivity contribution in [1.82, 2.24) is 0 Å². The molecule has 0 spiro atoms. The lowest BCUT2D eigenvalue weighted by Gasteiger charge is -2.09. The summed E-state index contributed by atoms with van der Waals surface area (Å²) >= 11 is 11.6. The minimum atomic E-state index is -0.449. The molecule has 0 bridgehead atoms. The van der Waals surface area contributed by atoms with Crippen LogP contribution in [0.5, 0.6) is 11.5 Å². The highest BCUT2D eigenvalue weighted by molar-refractivity contribution is 6.32. The summed E-state index contributed by atoms with van der Waals surface area (Å²) in [4.78, 5) is 0. The summed E-state index contributed by atoms with van der Waals surface area (Å²) in [6.07, 6.45) is 0. The maximum Gasteiger partial charge on any atom is 0.146 e. The molecule has 2 aromatic carbocycles. The fourth-order valence-corrected chi connectivity index (χ4v) is 1.89. The average Bonchev–Trinajstić information content (AvgIpc) is 2.42. The summed E-state index contributed by atoms with van der Waals surface area (Å²) in [5, 5.41) is 9.21. The molecule has 0 unspecified atom stereocenters. The van der Waals surface area contributed by atoms with Crippen molar-refractivity contribution in [2.24, 2.45) is 0 Å². The lowest BCUT2D eigenvalue weighted by Crippen LogP contribution is -1.91.